The summed E-state index contributed by atoms with van der Waals surface area (Å²) in [7, 11) is 4.06. The number of piperazine rings is 1. The van der Waals surface area contributed by atoms with Crippen molar-refractivity contribution in [3.63, 3.8) is 0 Å². The topological polar surface area (TPSA) is 59.6 Å². The summed E-state index contributed by atoms with van der Waals surface area (Å²) >= 11 is 0. The van der Waals surface area contributed by atoms with Crippen LogP contribution in [0.4, 0.5) is 11.8 Å². The second-order valence-corrected chi connectivity index (χ2v) is 6.98. The third kappa shape index (κ3) is 3.91. The first kappa shape index (κ1) is 16.4. The van der Waals surface area contributed by atoms with Crippen LogP contribution in [0.2, 0.25) is 0 Å². The van der Waals surface area contributed by atoms with Gasteiger partial charge in [0.15, 0.2) is 0 Å². The number of hydrogen-bond acceptors (Lipinski definition) is 7. The molecule has 0 radical (unpaired) electrons. The van der Waals surface area contributed by atoms with Gasteiger partial charge in [0.2, 0.25) is 5.95 Å². The highest BCUT2D eigenvalue weighted by atomic mass is 15.4. The van der Waals surface area contributed by atoms with E-state index >= 15 is 0 Å². The molecule has 2 aliphatic rings. The Morgan fingerprint density at radius 3 is 2.57 bits per heavy atom. The van der Waals surface area contributed by atoms with E-state index < -0.39 is 0 Å². The Morgan fingerprint density at radius 1 is 1.22 bits per heavy atom. The molecule has 1 aromatic heterocycles. The molecule has 128 valence electrons. The van der Waals surface area contributed by atoms with Gasteiger partial charge in [-0.2, -0.15) is 4.98 Å². The summed E-state index contributed by atoms with van der Waals surface area (Å²) in [6.07, 6.45) is 3.13. The summed E-state index contributed by atoms with van der Waals surface area (Å²) in [5, 5.41) is 0. The highest BCUT2D eigenvalue weighted by Gasteiger charge is 2.25. The SMILES string of the molecule is Cc1cnc(N2CCN(CC3CC(C)NN3)CC2)nc1N(C)C. The van der Waals surface area contributed by atoms with Crippen LogP contribution in [0.5, 0.6) is 0 Å². The van der Waals surface area contributed by atoms with Crippen LogP contribution in [0.3, 0.4) is 0 Å². The van der Waals surface area contributed by atoms with Gasteiger partial charge in [-0.05, 0) is 20.3 Å². The quantitative estimate of drug-likeness (QED) is 0.824. The van der Waals surface area contributed by atoms with Crippen molar-refractivity contribution in [2.45, 2.75) is 32.4 Å². The van der Waals surface area contributed by atoms with E-state index in [0.717, 1.165) is 50.1 Å². The molecule has 0 amide bonds. The van der Waals surface area contributed by atoms with Crippen molar-refractivity contribution < 1.29 is 0 Å². The molecule has 0 spiro atoms. The van der Waals surface area contributed by atoms with E-state index in [1.54, 1.807) is 0 Å². The Labute approximate surface area is 139 Å². The summed E-state index contributed by atoms with van der Waals surface area (Å²) in [5.74, 6) is 1.86. The highest BCUT2D eigenvalue weighted by Crippen LogP contribution is 2.19. The monoisotopic (exact) mass is 319 g/mol. The number of rotatable bonds is 4. The lowest BCUT2D eigenvalue weighted by Gasteiger charge is -2.36. The summed E-state index contributed by atoms with van der Waals surface area (Å²) in [6.45, 7) is 9.52. The van der Waals surface area contributed by atoms with Gasteiger partial charge in [0.1, 0.15) is 5.82 Å². The number of aromatic nitrogens is 2. The van der Waals surface area contributed by atoms with Crippen molar-refractivity contribution in [1.82, 2.24) is 25.7 Å². The average molecular weight is 319 g/mol. The molecule has 0 aromatic carbocycles. The molecule has 0 aliphatic carbocycles. The van der Waals surface area contributed by atoms with Crippen LogP contribution in [0, 0.1) is 6.92 Å². The van der Waals surface area contributed by atoms with Crippen LogP contribution in [-0.2, 0) is 0 Å². The van der Waals surface area contributed by atoms with Gasteiger partial charge in [-0.25, -0.2) is 4.98 Å². The molecule has 7 heteroatoms. The van der Waals surface area contributed by atoms with Crippen LogP contribution in [0.15, 0.2) is 6.20 Å². The first-order valence-electron chi connectivity index (χ1n) is 8.52. The van der Waals surface area contributed by atoms with Gasteiger partial charge in [-0.1, -0.05) is 0 Å². The van der Waals surface area contributed by atoms with E-state index in [-0.39, 0.29) is 0 Å². The minimum Gasteiger partial charge on any atom is -0.362 e. The van der Waals surface area contributed by atoms with Crippen LogP contribution in [0.1, 0.15) is 18.9 Å². The van der Waals surface area contributed by atoms with E-state index in [1.807, 2.05) is 20.3 Å². The maximum Gasteiger partial charge on any atom is 0.227 e. The first-order valence-corrected chi connectivity index (χ1v) is 8.52. The molecule has 23 heavy (non-hydrogen) atoms. The third-order valence-corrected chi connectivity index (χ3v) is 4.66. The Kier molecular flexibility index (Phi) is 4.99. The van der Waals surface area contributed by atoms with Crippen molar-refractivity contribution in [3.8, 4) is 0 Å². The summed E-state index contributed by atoms with van der Waals surface area (Å²) < 4.78 is 0. The van der Waals surface area contributed by atoms with Crippen LogP contribution in [-0.4, -0.2) is 73.8 Å². The molecule has 3 heterocycles. The minimum absolute atomic E-state index is 0.563. The molecule has 2 fully saturated rings. The van der Waals surface area contributed by atoms with Crippen molar-refractivity contribution in [1.29, 1.82) is 0 Å². The van der Waals surface area contributed by atoms with E-state index in [0.29, 0.717) is 12.1 Å². The van der Waals surface area contributed by atoms with Crippen LogP contribution in [0.25, 0.3) is 0 Å². The van der Waals surface area contributed by atoms with Crippen LogP contribution < -0.4 is 20.7 Å². The van der Waals surface area contributed by atoms with Crippen molar-refractivity contribution in [2.75, 3.05) is 56.6 Å². The van der Waals surface area contributed by atoms with E-state index in [2.05, 4.69) is 44.4 Å². The fourth-order valence-electron chi connectivity index (χ4n) is 3.40. The van der Waals surface area contributed by atoms with Crippen LogP contribution >= 0.6 is 0 Å². The molecular formula is C16H29N7. The molecular weight excluding hydrogens is 290 g/mol. The van der Waals surface area contributed by atoms with Gasteiger partial charge in [-0.3, -0.25) is 15.8 Å². The van der Waals surface area contributed by atoms with E-state index in [4.69, 9.17) is 4.98 Å². The van der Waals surface area contributed by atoms with Crippen molar-refractivity contribution in [2.24, 2.45) is 0 Å². The van der Waals surface area contributed by atoms with E-state index in [9.17, 15) is 0 Å². The van der Waals surface area contributed by atoms with Gasteiger partial charge in [0, 0.05) is 70.7 Å². The van der Waals surface area contributed by atoms with Gasteiger partial charge in [0.25, 0.3) is 0 Å². The Hall–Kier alpha value is -1.44. The highest BCUT2D eigenvalue weighted by molar-refractivity contribution is 5.48. The van der Waals surface area contributed by atoms with Gasteiger partial charge in [-0.15, -0.1) is 0 Å². The third-order valence-electron chi connectivity index (χ3n) is 4.66. The first-order chi connectivity index (χ1) is 11.0. The smallest absolute Gasteiger partial charge is 0.227 e. The Morgan fingerprint density at radius 2 is 1.96 bits per heavy atom. The van der Waals surface area contributed by atoms with E-state index in [1.165, 1.54) is 6.42 Å². The van der Waals surface area contributed by atoms with Gasteiger partial charge < -0.3 is 9.80 Å². The summed E-state index contributed by atoms with van der Waals surface area (Å²) in [4.78, 5) is 16.2. The average Bonchev–Trinajstić information content (AvgIpc) is 2.93. The maximum atomic E-state index is 4.73. The molecule has 0 bridgehead atoms. The number of nitrogens with one attached hydrogen (secondary N) is 2. The molecule has 2 unspecified atom stereocenters. The second-order valence-electron chi connectivity index (χ2n) is 6.98. The molecule has 2 N–H and O–H groups in total. The number of hydrogen-bond donors (Lipinski definition) is 2. The molecule has 0 saturated carbocycles. The number of aryl methyl sites for hydroxylation is 1. The Bertz CT molecular complexity index is 525. The lowest BCUT2D eigenvalue weighted by Crippen LogP contribution is -2.50. The summed E-state index contributed by atoms with van der Waals surface area (Å²) in [6, 6.07) is 1.14. The lowest BCUT2D eigenvalue weighted by molar-refractivity contribution is 0.232. The normalized spacial score (nSPS) is 25.8. The minimum atomic E-state index is 0.563. The fourth-order valence-corrected chi connectivity index (χ4v) is 3.40. The largest absolute Gasteiger partial charge is 0.362 e. The summed E-state index contributed by atoms with van der Waals surface area (Å²) in [5.41, 5.74) is 7.81. The molecule has 3 rings (SSSR count). The second kappa shape index (κ2) is 6.98. The van der Waals surface area contributed by atoms with Crippen molar-refractivity contribution >= 4 is 11.8 Å². The molecule has 2 aliphatic heterocycles. The zero-order valence-electron chi connectivity index (χ0n) is 14.7. The zero-order valence-corrected chi connectivity index (χ0v) is 14.7. The lowest BCUT2D eigenvalue weighted by atomic mass is 10.1. The predicted molar refractivity (Wildman–Crippen MR) is 93.9 cm³/mol. The molecule has 7 nitrogen and oxygen atoms in total. The van der Waals surface area contributed by atoms with Crippen molar-refractivity contribution in [3.05, 3.63) is 11.8 Å². The Balaban J connectivity index is 1.55. The maximum absolute atomic E-state index is 4.73. The van der Waals surface area contributed by atoms with Gasteiger partial charge in [0.05, 0.1) is 0 Å². The number of anilines is 2. The fraction of sp³-hybridized carbons (Fsp3) is 0.750. The number of hydrazine groups is 1. The van der Waals surface area contributed by atoms with Gasteiger partial charge >= 0.3 is 0 Å². The molecule has 2 atom stereocenters. The zero-order chi connectivity index (χ0) is 16.4. The molecule has 2 saturated heterocycles. The number of nitrogens with zero attached hydrogens (tertiary/aromatic N) is 5. The molecule has 1 aromatic rings. The predicted octanol–water partition coefficient (Wildman–Crippen LogP) is 0.228. The standard InChI is InChI=1S/C16H29N7/c1-12-10-17-16(18-15(12)21(3)4)23-7-5-22(6-8-23)11-14-9-13(2)19-20-14/h10,13-14,19-20H,5-9,11H2,1-4H3.